The third-order valence-electron chi connectivity index (χ3n) is 2.06. The van der Waals surface area contributed by atoms with Gasteiger partial charge in [-0.3, -0.25) is 10.1 Å². The molecule has 1 amide bonds. The smallest absolute Gasteiger partial charge is 0.257 e. The van der Waals surface area contributed by atoms with Crippen LogP contribution in [0.2, 0.25) is 0 Å². The van der Waals surface area contributed by atoms with Gasteiger partial charge < -0.3 is 4.74 Å². The van der Waals surface area contributed by atoms with E-state index in [-0.39, 0.29) is 5.91 Å². The summed E-state index contributed by atoms with van der Waals surface area (Å²) >= 11 is 3.49. The number of amides is 1. The summed E-state index contributed by atoms with van der Waals surface area (Å²) < 4.78 is 6.02. The van der Waals surface area contributed by atoms with Gasteiger partial charge in [-0.15, -0.1) is 10.2 Å². The quantitative estimate of drug-likeness (QED) is 0.835. The molecule has 0 aliphatic carbocycles. The van der Waals surface area contributed by atoms with Crippen molar-refractivity contribution >= 4 is 45.0 Å². The Kier molecular flexibility index (Phi) is 4.61. The highest BCUT2D eigenvalue weighted by molar-refractivity contribution is 14.1. The van der Waals surface area contributed by atoms with Crippen LogP contribution in [0.1, 0.15) is 15.4 Å². The van der Waals surface area contributed by atoms with Crippen molar-refractivity contribution < 1.29 is 9.53 Å². The first-order chi connectivity index (χ1) is 8.69. The first-order valence-electron chi connectivity index (χ1n) is 5.07. The number of hydrogen-bond acceptors (Lipinski definition) is 5. The Balaban J connectivity index is 2.04. The lowest BCUT2D eigenvalue weighted by atomic mass is 10.2. The molecule has 0 radical (unpaired) electrons. The van der Waals surface area contributed by atoms with Crippen LogP contribution in [0, 0.1) is 3.57 Å². The molecule has 94 valence electrons. The number of nitrogens with zero attached hydrogens (tertiary/aromatic N) is 2. The summed E-state index contributed by atoms with van der Waals surface area (Å²) in [4.78, 5) is 11.9. The lowest BCUT2D eigenvalue weighted by Gasteiger charge is -2.00. The number of anilines is 1. The predicted octanol–water partition coefficient (Wildman–Crippen LogP) is 2.54. The zero-order valence-corrected chi connectivity index (χ0v) is 12.5. The number of carbonyl (C=O) groups excluding carboxylic acids is 1. The fourth-order valence-electron chi connectivity index (χ4n) is 1.26. The van der Waals surface area contributed by atoms with Gasteiger partial charge in [-0.25, -0.2) is 0 Å². The number of rotatable bonds is 4. The molecular formula is C11H10IN3O2S. The van der Waals surface area contributed by atoms with Crippen LogP contribution in [-0.4, -0.2) is 23.2 Å². The molecule has 0 bridgehead atoms. The number of aromatic nitrogens is 2. The average Bonchev–Trinajstić information content (AvgIpc) is 2.78. The van der Waals surface area contributed by atoms with E-state index in [4.69, 9.17) is 4.74 Å². The van der Waals surface area contributed by atoms with Crippen molar-refractivity contribution in [2.45, 2.75) is 6.61 Å². The average molecular weight is 375 g/mol. The molecule has 2 rings (SSSR count). The molecule has 0 atom stereocenters. The van der Waals surface area contributed by atoms with Crippen LogP contribution < -0.4 is 5.32 Å². The zero-order valence-electron chi connectivity index (χ0n) is 9.51. The summed E-state index contributed by atoms with van der Waals surface area (Å²) in [5, 5.41) is 11.7. The van der Waals surface area contributed by atoms with E-state index in [9.17, 15) is 4.79 Å². The van der Waals surface area contributed by atoms with Crippen molar-refractivity contribution in [1.29, 1.82) is 0 Å². The second-order valence-electron chi connectivity index (χ2n) is 3.39. The minimum absolute atomic E-state index is 0.188. The maximum absolute atomic E-state index is 11.9. The van der Waals surface area contributed by atoms with Gasteiger partial charge in [0.25, 0.3) is 5.91 Å². The molecule has 1 aromatic heterocycles. The molecule has 1 aromatic carbocycles. The van der Waals surface area contributed by atoms with Crippen LogP contribution in [0.5, 0.6) is 0 Å². The minimum atomic E-state index is -0.188. The van der Waals surface area contributed by atoms with Gasteiger partial charge >= 0.3 is 0 Å². The van der Waals surface area contributed by atoms with Crippen molar-refractivity contribution in [2.24, 2.45) is 0 Å². The number of benzene rings is 1. The fourth-order valence-corrected chi connectivity index (χ4v) is 2.32. The number of methoxy groups -OCH3 is 1. The summed E-state index contributed by atoms with van der Waals surface area (Å²) in [5.41, 5.74) is 0.596. The highest BCUT2D eigenvalue weighted by atomic mass is 127. The largest absolute Gasteiger partial charge is 0.377 e. The summed E-state index contributed by atoms with van der Waals surface area (Å²) in [5.74, 6) is -0.188. The Hall–Kier alpha value is -1.06. The molecule has 1 heterocycles. The lowest BCUT2D eigenvalue weighted by Crippen LogP contribution is -2.11. The Morgan fingerprint density at radius 1 is 1.39 bits per heavy atom. The van der Waals surface area contributed by atoms with Gasteiger partial charge in [0.05, 0.1) is 0 Å². The molecule has 7 heteroatoms. The number of hydrogen-bond donors (Lipinski definition) is 1. The highest BCUT2D eigenvalue weighted by Crippen LogP contribution is 2.17. The van der Waals surface area contributed by atoms with Gasteiger partial charge in [0, 0.05) is 16.2 Å². The van der Waals surface area contributed by atoms with Crippen molar-refractivity contribution in [2.75, 3.05) is 12.4 Å². The summed E-state index contributed by atoms with van der Waals surface area (Å²) in [6, 6.07) is 7.31. The first-order valence-corrected chi connectivity index (χ1v) is 6.97. The third-order valence-corrected chi connectivity index (χ3v) is 3.59. The standard InChI is InChI=1S/C11H10IN3O2S/c1-17-6-9-14-15-11(18-9)13-10(16)7-2-4-8(12)5-3-7/h2-5H,6H2,1H3,(H,13,15,16). The Morgan fingerprint density at radius 3 is 2.78 bits per heavy atom. The van der Waals surface area contributed by atoms with E-state index in [1.54, 1.807) is 19.2 Å². The molecule has 2 aromatic rings. The van der Waals surface area contributed by atoms with E-state index >= 15 is 0 Å². The van der Waals surface area contributed by atoms with Crippen LogP contribution >= 0.6 is 33.9 Å². The van der Waals surface area contributed by atoms with Crippen LogP contribution in [-0.2, 0) is 11.3 Å². The van der Waals surface area contributed by atoms with Crippen LogP contribution in [0.4, 0.5) is 5.13 Å². The Bertz CT molecular complexity index is 541. The Morgan fingerprint density at radius 2 is 2.11 bits per heavy atom. The molecule has 0 unspecified atom stereocenters. The molecule has 1 N–H and O–H groups in total. The third kappa shape index (κ3) is 3.47. The molecule has 0 aliphatic rings. The molecule has 0 fully saturated rings. The molecule has 5 nitrogen and oxygen atoms in total. The van der Waals surface area contributed by atoms with E-state index in [0.29, 0.717) is 17.3 Å². The van der Waals surface area contributed by atoms with Crippen molar-refractivity contribution in [3.63, 3.8) is 0 Å². The lowest BCUT2D eigenvalue weighted by molar-refractivity contribution is 0.102. The second kappa shape index (κ2) is 6.21. The van der Waals surface area contributed by atoms with E-state index in [0.717, 1.165) is 8.58 Å². The molecular weight excluding hydrogens is 365 g/mol. The van der Waals surface area contributed by atoms with Crippen LogP contribution in [0.15, 0.2) is 24.3 Å². The van der Waals surface area contributed by atoms with Gasteiger partial charge in [0.15, 0.2) is 0 Å². The van der Waals surface area contributed by atoms with Gasteiger partial charge in [-0.2, -0.15) is 0 Å². The minimum Gasteiger partial charge on any atom is -0.377 e. The highest BCUT2D eigenvalue weighted by Gasteiger charge is 2.09. The van der Waals surface area contributed by atoms with Crippen LogP contribution in [0.25, 0.3) is 0 Å². The van der Waals surface area contributed by atoms with Crippen molar-refractivity contribution in [1.82, 2.24) is 10.2 Å². The normalized spacial score (nSPS) is 10.3. The van der Waals surface area contributed by atoms with Gasteiger partial charge in [0.1, 0.15) is 11.6 Å². The number of halogens is 1. The van der Waals surface area contributed by atoms with Gasteiger partial charge in [0.2, 0.25) is 5.13 Å². The van der Waals surface area contributed by atoms with E-state index in [1.165, 1.54) is 11.3 Å². The van der Waals surface area contributed by atoms with Crippen LogP contribution in [0.3, 0.4) is 0 Å². The number of carbonyl (C=O) groups is 1. The number of nitrogens with one attached hydrogen (secondary N) is 1. The summed E-state index contributed by atoms with van der Waals surface area (Å²) in [6.07, 6.45) is 0. The first kappa shape index (κ1) is 13.4. The summed E-state index contributed by atoms with van der Waals surface area (Å²) in [7, 11) is 1.59. The van der Waals surface area contributed by atoms with Crippen molar-refractivity contribution in [3.8, 4) is 0 Å². The van der Waals surface area contributed by atoms with E-state index in [1.807, 2.05) is 12.1 Å². The monoisotopic (exact) mass is 375 g/mol. The molecule has 0 saturated heterocycles. The maximum Gasteiger partial charge on any atom is 0.257 e. The topological polar surface area (TPSA) is 64.1 Å². The predicted molar refractivity (Wildman–Crippen MR) is 77.7 cm³/mol. The molecule has 0 aliphatic heterocycles. The van der Waals surface area contributed by atoms with Gasteiger partial charge in [-0.1, -0.05) is 11.3 Å². The summed E-state index contributed by atoms with van der Waals surface area (Å²) in [6.45, 7) is 0.400. The molecule has 18 heavy (non-hydrogen) atoms. The Labute approximate surface area is 122 Å². The van der Waals surface area contributed by atoms with E-state index < -0.39 is 0 Å². The van der Waals surface area contributed by atoms with E-state index in [2.05, 4.69) is 38.1 Å². The molecule has 0 spiro atoms. The fraction of sp³-hybridized carbons (Fsp3) is 0.182. The van der Waals surface area contributed by atoms with Gasteiger partial charge in [-0.05, 0) is 46.9 Å². The SMILES string of the molecule is COCc1nnc(NC(=O)c2ccc(I)cc2)s1. The second-order valence-corrected chi connectivity index (χ2v) is 5.70. The number of ether oxygens (including phenoxy) is 1. The molecule has 0 saturated carbocycles. The van der Waals surface area contributed by atoms with Crippen molar-refractivity contribution in [3.05, 3.63) is 38.4 Å². The maximum atomic E-state index is 11.9. The zero-order chi connectivity index (χ0) is 13.0.